The Morgan fingerprint density at radius 3 is 2.65 bits per heavy atom. The van der Waals surface area contributed by atoms with Crippen LogP contribution in [0.4, 0.5) is 0 Å². The third kappa shape index (κ3) is 2.60. The lowest BCUT2D eigenvalue weighted by Gasteiger charge is -2.36. The van der Waals surface area contributed by atoms with Crippen LogP contribution in [0.5, 0.6) is 0 Å². The molecule has 2 heterocycles. The Morgan fingerprint density at radius 1 is 1.12 bits per heavy atom. The highest BCUT2D eigenvalue weighted by Crippen LogP contribution is 2.30. The van der Waals surface area contributed by atoms with E-state index in [9.17, 15) is 4.79 Å². The molecule has 4 heteroatoms. The number of carbonyl (C=O) groups is 1. The van der Waals surface area contributed by atoms with Crippen LogP contribution in [0, 0.1) is 11.8 Å². The standard InChI is InChI=1S/C13H22N2O.ClH/c16-13(10-3-1-2-4-10)15-8-6-12-11(9-15)5-7-14-12;/h10-12,14H,1-9H2;1H. The first kappa shape index (κ1) is 13.2. The molecule has 2 saturated heterocycles. The maximum atomic E-state index is 12.3. The average molecular weight is 259 g/mol. The highest BCUT2D eigenvalue weighted by molar-refractivity contribution is 5.85. The van der Waals surface area contributed by atoms with Gasteiger partial charge in [0, 0.05) is 25.0 Å². The minimum atomic E-state index is 0. The predicted molar refractivity (Wildman–Crippen MR) is 70.3 cm³/mol. The largest absolute Gasteiger partial charge is 0.342 e. The molecule has 17 heavy (non-hydrogen) atoms. The Hall–Kier alpha value is -0.280. The van der Waals surface area contributed by atoms with Gasteiger partial charge in [-0.15, -0.1) is 12.4 Å². The molecule has 0 aromatic carbocycles. The van der Waals surface area contributed by atoms with Gasteiger partial charge in [0.1, 0.15) is 0 Å². The lowest BCUT2D eigenvalue weighted by molar-refractivity contribution is -0.137. The molecule has 0 aromatic rings. The van der Waals surface area contributed by atoms with Crippen molar-refractivity contribution in [3.8, 4) is 0 Å². The number of nitrogens with one attached hydrogen (secondary N) is 1. The van der Waals surface area contributed by atoms with Gasteiger partial charge in [-0.05, 0) is 38.1 Å². The molecule has 2 unspecified atom stereocenters. The number of nitrogens with zero attached hydrogens (tertiary/aromatic N) is 1. The van der Waals surface area contributed by atoms with Crippen molar-refractivity contribution in [2.45, 2.75) is 44.6 Å². The number of fused-ring (bicyclic) bond motifs is 1. The quantitative estimate of drug-likeness (QED) is 0.778. The van der Waals surface area contributed by atoms with Crippen molar-refractivity contribution in [1.82, 2.24) is 10.2 Å². The summed E-state index contributed by atoms with van der Waals surface area (Å²) in [5, 5.41) is 3.55. The van der Waals surface area contributed by atoms with E-state index in [4.69, 9.17) is 0 Å². The van der Waals surface area contributed by atoms with E-state index in [1.165, 1.54) is 25.7 Å². The molecule has 98 valence electrons. The summed E-state index contributed by atoms with van der Waals surface area (Å²) in [6.07, 6.45) is 7.24. The first-order valence-corrected chi connectivity index (χ1v) is 6.87. The van der Waals surface area contributed by atoms with Crippen LogP contribution in [0.25, 0.3) is 0 Å². The van der Waals surface area contributed by atoms with Crippen LogP contribution >= 0.6 is 12.4 Å². The monoisotopic (exact) mass is 258 g/mol. The summed E-state index contributed by atoms with van der Waals surface area (Å²) in [5.41, 5.74) is 0. The molecule has 3 rings (SSSR count). The summed E-state index contributed by atoms with van der Waals surface area (Å²) in [6.45, 7) is 3.16. The van der Waals surface area contributed by atoms with Crippen LogP contribution in [0.2, 0.25) is 0 Å². The predicted octanol–water partition coefficient (Wildman–Crippen LogP) is 1.81. The van der Waals surface area contributed by atoms with Crippen LogP contribution < -0.4 is 5.32 Å². The van der Waals surface area contributed by atoms with E-state index in [2.05, 4.69) is 10.2 Å². The van der Waals surface area contributed by atoms with Gasteiger partial charge in [-0.1, -0.05) is 12.8 Å². The van der Waals surface area contributed by atoms with Crippen molar-refractivity contribution in [3.63, 3.8) is 0 Å². The van der Waals surface area contributed by atoms with E-state index in [-0.39, 0.29) is 12.4 Å². The zero-order chi connectivity index (χ0) is 11.0. The number of carbonyl (C=O) groups excluding carboxylic acids is 1. The topological polar surface area (TPSA) is 32.3 Å². The summed E-state index contributed by atoms with van der Waals surface area (Å²) in [5.74, 6) is 1.56. The van der Waals surface area contributed by atoms with Gasteiger partial charge in [0.05, 0.1) is 0 Å². The molecule has 3 nitrogen and oxygen atoms in total. The van der Waals surface area contributed by atoms with E-state index < -0.39 is 0 Å². The van der Waals surface area contributed by atoms with Crippen molar-refractivity contribution in [2.24, 2.45) is 11.8 Å². The molecule has 1 saturated carbocycles. The Labute approximate surface area is 110 Å². The van der Waals surface area contributed by atoms with E-state index in [0.29, 0.717) is 17.9 Å². The van der Waals surface area contributed by atoms with Crippen molar-refractivity contribution < 1.29 is 4.79 Å². The van der Waals surface area contributed by atoms with E-state index >= 15 is 0 Å². The molecule has 0 spiro atoms. The number of amides is 1. The van der Waals surface area contributed by atoms with Crippen molar-refractivity contribution >= 4 is 18.3 Å². The summed E-state index contributed by atoms with van der Waals surface area (Å²) < 4.78 is 0. The Morgan fingerprint density at radius 2 is 1.88 bits per heavy atom. The van der Waals surface area contributed by atoms with Gasteiger partial charge in [0.15, 0.2) is 0 Å². The average Bonchev–Trinajstić information content (AvgIpc) is 2.98. The number of hydrogen-bond acceptors (Lipinski definition) is 2. The summed E-state index contributed by atoms with van der Waals surface area (Å²) >= 11 is 0. The van der Waals surface area contributed by atoms with E-state index in [1.807, 2.05) is 0 Å². The minimum absolute atomic E-state index is 0. The van der Waals surface area contributed by atoms with Crippen LogP contribution in [0.1, 0.15) is 38.5 Å². The number of halogens is 1. The zero-order valence-electron chi connectivity index (χ0n) is 10.4. The minimum Gasteiger partial charge on any atom is -0.342 e. The van der Waals surface area contributed by atoms with Gasteiger partial charge < -0.3 is 10.2 Å². The maximum absolute atomic E-state index is 12.3. The van der Waals surface area contributed by atoms with Gasteiger partial charge in [-0.3, -0.25) is 4.79 Å². The van der Waals surface area contributed by atoms with Gasteiger partial charge in [0.2, 0.25) is 5.91 Å². The summed E-state index contributed by atoms with van der Waals surface area (Å²) in [6, 6.07) is 0.702. The molecule has 3 aliphatic rings. The highest BCUT2D eigenvalue weighted by atomic mass is 35.5. The maximum Gasteiger partial charge on any atom is 0.225 e. The number of hydrogen-bond donors (Lipinski definition) is 1. The third-order valence-corrected chi connectivity index (χ3v) is 4.67. The molecule has 1 N–H and O–H groups in total. The molecule has 1 amide bonds. The molecule has 1 aliphatic carbocycles. The fourth-order valence-corrected chi connectivity index (χ4v) is 3.68. The van der Waals surface area contributed by atoms with Crippen molar-refractivity contribution in [3.05, 3.63) is 0 Å². The molecular weight excluding hydrogens is 236 g/mol. The SMILES string of the molecule is Cl.O=C(C1CCCC1)N1CCC2NCCC2C1. The Kier molecular flexibility index (Phi) is 4.31. The molecule has 0 aromatic heterocycles. The van der Waals surface area contributed by atoms with Crippen molar-refractivity contribution in [1.29, 1.82) is 0 Å². The number of likely N-dealkylation sites (tertiary alicyclic amines) is 1. The van der Waals surface area contributed by atoms with Crippen LogP contribution in [0.15, 0.2) is 0 Å². The molecule has 2 atom stereocenters. The fraction of sp³-hybridized carbons (Fsp3) is 0.923. The van der Waals surface area contributed by atoms with Gasteiger partial charge in [-0.2, -0.15) is 0 Å². The molecule has 3 fully saturated rings. The van der Waals surface area contributed by atoms with E-state index in [0.717, 1.165) is 38.4 Å². The van der Waals surface area contributed by atoms with Crippen LogP contribution in [-0.4, -0.2) is 36.5 Å². The highest BCUT2D eigenvalue weighted by Gasteiger charge is 2.36. The van der Waals surface area contributed by atoms with Crippen LogP contribution in [0.3, 0.4) is 0 Å². The number of piperidine rings is 1. The zero-order valence-corrected chi connectivity index (χ0v) is 11.2. The smallest absolute Gasteiger partial charge is 0.225 e. The lowest BCUT2D eigenvalue weighted by Crippen LogP contribution is -2.48. The second-order valence-electron chi connectivity index (χ2n) is 5.66. The third-order valence-electron chi connectivity index (χ3n) is 4.67. The molecule has 2 aliphatic heterocycles. The Bertz CT molecular complexity index is 279. The molecule has 0 bridgehead atoms. The normalized spacial score (nSPS) is 33.3. The summed E-state index contributed by atoms with van der Waals surface area (Å²) in [7, 11) is 0. The van der Waals surface area contributed by atoms with Crippen LogP contribution in [-0.2, 0) is 4.79 Å². The van der Waals surface area contributed by atoms with Gasteiger partial charge in [0.25, 0.3) is 0 Å². The molecular formula is C13H23ClN2O. The van der Waals surface area contributed by atoms with Gasteiger partial charge in [-0.25, -0.2) is 0 Å². The van der Waals surface area contributed by atoms with Gasteiger partial charge >= 0.3 is 0 Å². The molecule has 0 radical (unpaired) electrons. The second kappa shape index (κ2) is 5.57. The second-order valence-corrected chi connectivity index (χ2v) is 5.66. The first-order valence-electron chi connectivity index (χ1n) is 6.87. The van der Waals surface area contributed by atoms with Crippen molar-refractivity contribution in [2.75, 3.05) is 19.6 Å². The summed E-state index contributed by atoms with van der Waals surface area (Å²) in [4.78, 5) is 14.5. The van der Waals surface area contributed by atoms with E-state index in [1.54, 1.807) is 0 Å². The lowest BCUT2D eigenvalue weighted by atomic mass is 9.92. The fourth-order valence-electron chi connectivity index (χ4n) is 3.68. The Balaban J connectivity index is 0.00000108. The first-order chi connectivity index (χ1) is 7.84. The number of rotatable bonds is 1.